The van der Waals surface area contributed by atoms with Crippen LogP contribution in [0.25, 0.3) is 0 Å². The summed E-state index contributed by atoms with van der Waals surface area (Å²) in [4.78, 5) is 22.4. The number of amides is 2. The van der Waals surface area contributed by atoms with E-state index in [1.807, 2.05) is 0 Å². The number of rotatable bonds is 6. The molecule has 0 atom stereocenters. The van der Waals surface area contributed by atoms with Crippen molar-refractivity contribution in [3.8, 4) is 0 Å². The maximum atomic E-state index is 11.5. The first kappa shape index (κ1) is 14.2. The SMILES string of the molecule is CCC(=O)NCCNC(=O)C(C)(C)CCl. The molecule has 88 valence electrons. The van der Waals surface area contributed by atoms with Crippen LogP contribution in [0.15, 0.2) is 0 Å². The highest BCUT2D eigenvalue weighted by Gasteiger charge is 2.25. The Morgan fingerprint density at radius 3 is 2.20 bits per heavy atom. The molecule has 4 nitrogen and oxygen atoms in total. The van der Waals surface area contributed by atoms with Crippen LogP contribution in [0, 0.1) is 5.41 Å². The van der Waals surface area contributed by atoms with Gasteiger partial charge in [0.05, 0.1) is 5.41 Å². The van der Waals surface area contributed by atoms with Crippen molar-refractivity contribution in [3.63, 3.8) is 0 Å². The van der Waals surface area contributed by atoms with Gasteiger partial charge in [-0.15, -0.1) is 11.6 Å². The molecular formula is C10H19ClN2O2. The number of alkyl halides is 1. The normalized spacial score (nSPS) is 10.9. The first-order chi connectivity index (χ1) is 6.94. The lowest BCUT2D eigenvalue weighted by molar-refractivity contribution is -0.128. The van der Waals surface area contributed by atoms with Gasteiger partial charge in [0, 0.05) is 25.4 Å². The smallest absolute Gasteiger partial charge is 0.226 e. The molecule has 2 amide bonds. The molecule has 0 saturated heterocycles. The molecule has 0 radical (unpaired) electrons. The molecule has 0 unspecified atom stereocenters. The maximum Gasteiger partial charge on any atom is 0.226 e. The Morgan fingerprint density at radius 1 is 1.20 bits per heavy atom. The van der Waals surface area contributed by atoms with Crippen LogP contribution in [0.2, 0.25) is 0 Å². The minimum absolute atomic E-state index is 0.0131. The van der Waals surface area contributed by atoms with E-state index in [4.69, 9.17) is 11.6 Å². The zero-order valence-corrected chi connectivity index (χ0v) is 10.3. The van der Waals surface area contributed by atoms with Crippen LogP contribution in [0.1, 0.15) is 27.2 Å². The van der Waals surface area contributed by atoms with Crippen LogP contribution in [-0.2, 0) is 9.59 Å². The summed E-state index contributed by atoms with van der Waals surface area (Å²) in [5, 5.41) is 5.39. The van der Waals surface area contributed by atoms with Crippen LogP contribution in [0.5, 0.6) is 0 Å². The average Bonchev–Trinajstić information content (AvgIpc) is 2.23. The summed E-state index contributed by atoms with van der Waals surface area (Å²) >= 11 is 5.64. The van der Waals surface area contributed by atoms with Gasteiger partial charge in [-0.25, -0.2) is 0 Å². The molecule has 0 fully saturated rings. The van der Waals surface area contributed by atoms with Crippen molar-refractivity contribution in [1.29, 1.82) is 0 Å². The van der Waals surface area contributed by atoms with Crippen LogP contribution < -0.4 is 10.6 Å². The predicted molar refractivity (Wildman–Crippen MR) is 60.8 cm³/mol. The molecule has 0 saturated carbocycles. The summed E-state index contributed by atoms with van der Waals surface area (Å²) in [6.45, 7) is 6.23. The van der Waals surface area contributed by atoms with Gasteiger partial charge in [0.15, 0.2) is 0 Å². The Morgan fingerprint density at radius 2 is 1.73 bits per heavy atom. The van der Waals surface area contributed by atoms with Crippen molar-refractivity contribution < 1.29 is 9.59 Å². The first-order valence-electron chi connectivity index (χ1n) is 5.05. The Balaban J connectivity index is 3.69. The fourth-order valence-electron chi connectivity index (χ4n) is 0.803. The van der Waals surface area contributed by atoms with E-state index in [-0.39, 0.29) is 17.7 Å². The number of carbonyl (C=O) groups is 2. The largest absolute Gasteiger partial charge is 0.354 e. The van der Waals surface area contributed by atoms with Gasteiger partial charge in [0.2, 0.25) is 11.8 Å². The van der Waals surface area contributed by atoms with Crippen LogP contribution >= 0.6 is 11.6 Å². The Labute approximate surface area is 95.7 Å². The highest BCUT2D eigenvalue weighted by molar-refractivity contribution is 6.19. The van der Waals surface area contributed by atoms with Gasteiger partial charge in [0.25, 0.3) is 0 Å². The number of nitrogens with one attached hydrogen (secondary N) is 2. The summed E-state index contributed by atoms with van der Waals surface area (Å²) < 4.78 is 0. The van der Waals surface area contributed by atoms with E-state index in [1.54, 1.807) is 20.8 Å². The van der Waals surface area contributed by atoms with Gasteiger partial charge < -0.3 is 10.6 Å². The van der Waals surface area contributed by atoms with Crippen molar-refractivity contribution in [2.45, 2.75) is 27.2 Å². The third-order valence-electron chi connectivity index (χ3n) is 2.00. The number of hydrogen-bond acceptors (Lipinski definition) is 2. The molecule has 0 aromatic rings. The summed E-state index contributed by atoms with van der Waals surface area (Å²) in [6, 6.07) is 0. The van der Waals surface area contributed by atoms with Crippen molar-refractivity contribution >= 4 is 23.4 Å². The van der Waals surface area contributed by atoms with Crippen molar-refractivity contribution in [1.82, 2.24) is 10.6 Å². The third kappa shape index (κ3) is 5.62. The van der Waals surface area contributed by atoms with E-state index in [1.165, 1.54) is 0 Å². The van der Waals surface area contributed by atoms with Gasteiger partial charge in [-0.2, -0.15) is 0 Å². The molecule has 0 aromatic heterocycles. The molecular weight excluding hydrogens is 216 g/mol. The zero-order chi connectivity index (χ0) is 11.9. The van der Waals surface area contributed by atoms with Gasteiger partial charge in [-0.3, -0.25) is 9.59 Å². The van der Waals surface area contributed by atoms with Crippen molar-refractivity contribution in [2.75, 3.05) is 19.0 Å². The van der Waals surface area contributed by atoms with E-state index in [0.29, 0.717) is 19.5 Å². The highest BCUT2D eigenvalue weighted by Crippen LogP contribution is 2.16. The van der Waals surface area contributed by atoms with Crippen molar-refractivity contribution in [3.05, 3.63) is 0 Å². The molecule has 0 aliphatic carbocycles. The van der Waals surface area contributed by atoms with Crippen molar-refractivity contribution in [2.24, 2.45) is 5.41 Å². The predicted octanol–water partition coefficient (Wildman–Crippen LogP) is 0.894. The van der Waals surface area contributed by atoms with E-state index in [0.717, 1.165) is 0 Å². The summed E-state index contributed by atoms with van der Waals surface area (Å²) in [6.07, 6.45) is 0.459. The minimum Gasteiger partial charge on any atom is -0.354 e. The molecule has 0 spiro atoms. The topological polar surface area (TPSA) is 58.2 Å². The molecule has 5 heteroatoms. The summed E-state index contributed by atoms with van der Waals surface area (Å²) in [5.41, 5.74) is -0.559. The summed E-state index contributed by atoms with van der Waals surface area (Å²) in [5.74, 6) is 0.171. The van der Waals surface area contributed by atoms with Crippen LogP contribution in [-0.4, -0.2) is 30.8 Å². The fraction of sp³-hybridized carbons (Fsp3) is 0.800. The summed E-state index contributed by atoms with van der Waals surface area (Å²) in [7, 11) is 0. The first-order valence-corrected chi connectivity index (χ1v) is 5.58. The molecule has 0 aliphatic heterocycles. The van der Waals surface area contributed by atoms with E-state index < -0.39 is 5.41 Å². The number of carbonyl (C=O) groups excluding carboxylic acids is 2. The maximum absolute atomic E-state index is 11.5. The van der Waals surface area contributed by atoms with E-state index in [2.05, 4.69) is 10.6 Å². The lowest BCUT2D eigenvalue weighted by Crippen LogP contribution is -2.41. The van der Waals surface area contributed by atoms with Gasteiger partial charge in [0.1, 0.15) is 0 Å². The van der Waals surface area contributed by atoms with E-state index in [9.17, 15) is 9.59 Å². The lowest BCUT2D eigenvalue weighted by atomic mass is 9.95. The molecule has 0 heterocycles. The Hall–Kier alpha value is -0.770. The average molecular weight is 235 g/mol. The molecule has 0 aromatic carbocycles. The van der Waals surface area contributed by atoms with E-state index >= 15 is 0 Å². The number of hydrogen-bond donors (Lipinski definition) is 2. The second-order valence-corrected chi connectivity index (χ2v) is 4.24. The molecule has 2 N–H and O–H groups in total. The molecule has 0 bridgehead atoms. The standard InChI is InChI=1S/C10H19ClN2O2/c1-4-8(14)12-5-6-13-9(15)10(2,3)7-11/h4-7H2,1-3H3,(H,12,14)(H,13,15). The second kappa shape index (κ2) is 6.67. The van der Waals surface area contributed by atoms with Gasteiger partial charge >= 0.3 is 0 Å². The quantitative estimate of drug-likeness (QED) is 0.530. The Kier molecular flexibility index (Phi) is 6.32. The molecule has 0 aliphatic rings. The minimum atomic E-state index is -0.559. The second-order valence-electron chi connectivity index (χ2n) is 3.98. The van der Waals surface area contributed by atoms with Gasteiger partial charge in [-0.1, -0.05) is 6.92 Å². The molecule has 15 heavy (non-hydrogen) atoms. The third-order valence-corrected chi connectivity index (χ3v) is 2.67. The fourth-order valence-corrected chi connectivity index (χ4v) is 0.924. The highest BCUT2D eigenvalue weighted by atomic mass is 35.5. The molecule has 0 rings (SSSR count). The zero-order valence-electron chi connectivity index (χ0n) is 9.52. The Bertz CT molecular complexity index is 229. The van der Waals surface area contributed by atoms with Crippen LogP contribution in [0.4, 0.5) is 0 Å². The van der Waals surface area contributed by atoms with Gasteiger partial charge in [-0.05, 0) is 13.8 Å². The lowest BCUT2D eigenvalue weighted by Gasteiger charge is -2.20. The number of halogens is 1. The monoisotopic (exact) mass is 234 g/mol. The van der Waals surface area contributed by atoms with Crippen LogP contribution in [0.3, 0.4) is 0 Å².